The predicted molar refractivity (Wildman–Crippen MR) is 72.9 cm³/mol. The van der Waals surface area contributed by atoms with Crippen molar-refractivity contribution in [2.24, 2.45) is 0 Å². The third-order valence-corrected chi connectivity index (χ3v) is 3.87. The first-order valence-electron chi connectivity index (χ1n) is 6.23. The van der Waals surface area contributed by atoms with Crippen LogP contribution in [0.1, 0.15) is 19.3 Å². The molecule has 1 atom stereocenters. The number of nitrogens with zero attached hydrogens (tertiary/aromatic N) is 2. The minimum absolute atomic E-state index is 0.0473. The van der Waals surface area contributed by atoms with Crippen LogP contribution in [-0.2, 0) is 11.3 Å². The zero-order valence-electron chi connectivity index (χ0n) is 10.0. The Balaban J connectivity index is 1.87. The third-order valence-electron chi connectivity index (χ3n) is 3.40. The van der Waals surface area contributed by atoms with Crippen LogP contribution in [0.4, 0.5) is 0 Å². The Kier molecular flexibility index (Phi) is 3.26. The van der Waals surface area contributed by atoms with Gasteiger partial charge in [-0.3, -0.25) is 9.31 Å². The van der Waals surface area contributed by atoms with Gasteiger partial charge in [0.15, 0.2) is 0 Å². The standard InChI is InChI=1S/C13H15BrN2O2/c14-10-3-4-11-8-13(17)15(16(11)9-10)6-5-12-2-1-7-18-12/h3-4,8-9,12H,1-2,5-7H2. The van der Waals surface area contributed by atoms with Gasteiger partial charge in [-0.2, -0.15) is 0 Å². The molecule has 0 saturated carbocycles. The first-order chi connectivity index (χ1) is 8.74. The second-order valence-electron chi connectivity index (χ2n) is 4.65. The Morgan fingerprint density at radius 1 is 1.44 bits per heavy atom. The van der Waals surface area contributed by atoms with Crippen molar-refractivity contribution in [3.63, 3.8) is 0 Å². The van der Waals surface area contributed by atoms with Crippen LogP contribution in [0.15, 0.2) is 33.7 Å². The molecule has 0 radical (unpaired) electrons. The van der Waals surface area contributed by atoms with Crippen molar-refractivity contribution in [1.29, 1.82) is 0 Å². The Hall–Kier alpha value is -1.07. The van der Waals surface area contributed by atoms with Crippen LogP contribution in [0, 0.1) is 0 Å². The molecular formula is C13H15BrN2O2. The van der Waals surface area contributed by atoms with E-state index < -0.39 is 0 Å². The number of halogens is 1. The number of pyridine rings is 1. The summed E-state index contributed by atoms with van der Waals surface area (Å²) in [6, 6.07) is 5.55. The fourth-order valence-electron chi connectivity index (χ4n) is 2.46. The molecule has 1 unspecified atom stereocenters. The number of hydrogen-bond donors (Lipinski definition) is 0. The van der Waals surface area contributed by atoms with Gasteiger partial charge in [-0.15, -0.1) is 0 Å². The van der Waals surface area contributed by atoms with Crippen LogP contribution in [0.5, 0.6) is 0 Å². The molecular weight excluding hydrogens is 296 g/mol. The van der Waals surface area contributed by atoms with Gasteiger partial charge < -0.3 is 4.74 Å². The van der Waals surface area contributed by atoms with Gasteiger partial charge in [0.1, 0.15) is 0 Å². The molecule has 2 aromatic heterocycles. The van der Waals surface area contributed by atoms with Crippen LogP contribution in [0.25, 0.3) is 5.52 Å². The van der Waals surface area contributed by atoms with Crippen LogP contribution in [-0.4, -0.2) is 21.9 Å². The van der Waals surface area contributed by atoms with Gasteiger partial charge >= 0.3 is 0 Å². The van der Waals surface area contributed by atoms with Gasteiger partial charge in [0.2, 0.25) is 0 Å². The summed E-state index contributed by atoms with van der Waals surface area (Å²) in [6.45, 7) is 1.56. The number of rotatable bonds is 3. The van der Waals surface area contributed by atoms with E-state index >= 15 is 0 Å². The minimum atomic E-state index is 0.0473. The Bertz CT molecular complexity index is 611. The van der Waals surface area contributed by atoms with Crippen LogP contribution >= 0.6 is 15.9 Å². The molecule has 0 amide bonds. The van der Waals surface area contributed by atoms with Gasteiger partial charge in [-0.05, 0) is 47.3 Å². The first-order valence-corrected chi connectivity index (χ1v) is 7.03. The lowest BCUT2D eigenvalue weighted by Crippen LogP contribution is -2.22. The Labute approximate surface area is 113 Å². The van der Waals surface area contributed by atoms with Crippen molar-refractivity contribution in [1.82, 2.24) is 9.20 Å². The highest BCUT2D eigenvalue weighted by Gasteiger charge is 2.16. The average Bonchev–Trinajstić information content (AvgIpc) is 2.94. The van der Waals surface area contributed by atoms with Gasteiger partial charge in [0.25, 0.3) is 5.56 Å². The fourth-order valence-corrected chi connectivity index (χ4v) is 2.79. The van der Waals surface area contributed by atoms with Crippen molar-refractivity contribution >= 4 is 21.4 Å². The number of aryl methyl sites for hydroxylation is 1. The number of hydrogen-bond acceptors (Lipinski definition) is 2. The Morgan fingerprint density at radius 3 is 3.11 bits per heavy atom. The van der Waals surface area contributed by atoms with E-state index in [2.05, 4.69) is 15.9 Å². The second kappa shape index (κ2) is 4.90. The molecule has 1 aliphatic rings. The largest absolute Gasteiger partial charge is 0.378 e. The summed E-state index contributed by atoms with van der Waals surface area (Å²) in [7, 11) is 0. The molecule has 4 nitrogen and oxygen atoms in total. The molecule has 0 aliphatic carbocycles. The summed E-state index contributed by atoms with van der Waals surface area (Å²) in [5.74, 6) is 0. The summed E-state index contributed by atoms with van der Waals surface area (Å²) >= 11 is 3.43. The maximum atomic E-state index is 11.9. The van der Waals surface area contributed by atoms with Crippen LogP contribution < -0.4 is 5.56 Å². The first kappa shape index (κ1) is 12.0. The van der Waals surface area contributed by atoms with E-state index in [1.54, 1.807) is 10.7 Å². The highest BCUT2D eigenvalue weighted by Crippen LogP contribution is 2.16. The lowest BCUT2D eigenvalue weighted by Gasteiger charge is -2.11. The zero-order valence-corrected chi connectivity index (χ0v) is 11.6. The maximum Gasteiger partial charge on any atom is 0.267 e. The maximum absolute atomic E-state index is 11.9. The fraction of sp³-hybridized carbons (Fsp3) is 0.462. The molecule has 0 aromatic carbocycles. The SMILES string of the molecule is O=c1cc2ccc(Br)cn2n1CCC1CCCO1. The van der Waals surface area contributed by atoms with E-state index in [-0.39, 0.29) is 5.56 Å². The quantitative estimate of drug-likeness (QED) is 0.873. The predicted octanol–water partition coefficient (Wildman–Crippen LogP) is 2.43. The van der Waals surface area contributed by atoms with Crippen molar-refractivity contribution < 1.29 is 4.74 Å². The summed E-state index contributed by atoms with van der Waals surface area (Å²) in [4.78, 5) is 11.9. The lowest BCUT2D eigenvalue weighted by atomic mass is 10.2. The number of aromatic nitrogens is 2. The molecule has 0 N–H and O–H groups in total. The molecule has 3 rings (SSSR count). The Morgan fingerprint density at radius 2 is 2.33 bits per heavy atom. The third kappa shape index (κ3) is 2.24. The average molecular weight is 311 g/mol. The molecule has 1 saturated heterocycles. The second-order valence-corrected chi connectivity index (χ2v) is 5.56. The smallest absolute Gasteiger partial charge is 0.267 e. The molecule has 18 heavy (non-hydrogen) atoms. The molecule has 1 aliphatic heterocycles. The van der Waals surface area contributed by atoms with Gasteiger partial charge in [0.05, 0.1) is 11.6 Å². The van der Waals surface area contributed by atoms with E-state index in [1.807, 2.05) is 22.8 Å². The van der Waals surface area contributed by atoms with E-state index in [4.69, 9.17) is 4.74 Å². The summed E-state index contributed by atoms with van der Waals surface area (Å²) in [5, 5.41) is 0. The van der Waals surface area contributed by atoms with Crippen molar-refractivity contribution in [2.45, 2.75) is 31.9 Å². The van der Waals surface area contributed by atoms with Gasteiger partial charge in [0, 0.05) is 29.9 Å². The molecule has 1 fully saturated rings. The lowest BCUT2D eigenvalue weighted by molar-refractivity contribution is 0.0988. The van der Waals surface area contributed by atoms with Gasteiger partial charge in [-0.25, -0.2) is 4.68 Å². The van der Waals surface area contributed by atoms with Crippen molar-refractivity contribution in [3.8, 4) is 0 Å². The van der Waals surface area contributed by atoms with Crippen LogP contribution in [0.2, 0.25) is 0 Å². The molecule has 96 valence electrons. The molecule has 5 heteroatoms. The van der Waals surface area contributed by atoms with E-state index in [0.29, 0.717) is 12.6 Å². The highest BCUT2D eigenvalue weighted by molar-refractivity contribution is 9.10. The van der Waals surface area contributed by atoms with Crippen molar-refractivity contribution in [2.75, 3.05) is 6.61 Å². The monoisotopic (exact) mass is 310 g/mol. The number of fused-ring (bicyclic) bond motifs is 1. The van der Waals surface area contributed by atoms with Crippen LogP contribution in [0.3, 0.4) is 0 Å². The topological polar surface area (TPSA) is 35.6 Å². The molecule has 0 spiro atoms. The normalized spacial score (nSPS) is 19.7. The van der Waals surface area contributed by atoms with Crippen molar-refractivity contribution in [3.05, 3.63) is 39.2 Å². The number of ether oxygens (including phenoxy) is 1. The molecule has 3 heterocycles. The van der Waals surface area contributed by atoms with E-state index in [0.717, 1.165) is 35.9 Å². The van der Waals surface area contributed by atoms with E-state index in [1.165, 1.54) is 0 Å². The summed E-state index contributed by atoms with van der Waals surface area (Å²) < 4.78 is 10.2. The highest BCUT2D eigenvalue weighted by atomic mass is 79.9. The zero-order chi connectivity index (χ0) is 12.5. The molecule has 2 aromatic rings. The minimum Gasteiger partial charge on any atom is -0.378 e. The van der Waals surface area contributed by atoms with E-state index in [9.17, 15) is 4.79 Å². The summed E-state index contributed by atoms with van der Waals surface area (Å²) in [5.41, 5.74) is 0.974. The molecule has 0 bridgehead atoms. The summed E-state index contributed by atoms with van der Waals surface area (Å²) in [6.07, 6.45) is 5.39. The van der Waals surface area contributed by atoms with Gasteiger partial charge in [-0.1, -0.05) is 0 Å².